The van der Waals surface area contributed by atoms with Gasteiger partial charge in [0.05, 0.1) is 17.2 Å². The van der Waals surface area contributed by atoms with Gasteiger partial charge in [-0.3, -0.25) is 4.79 Å². The maximum Gasteiger partial charge on any atom is 0.226 e. The lowest BCUT2D eigenvalue weighted by atomic mass is 10.0. The lowest BCUT2D eigenvalue weighted by Gasteiger charge is -2.05. The van der Waals surface area contributed by atoms with Crippen LogP contribution in [-0.4, -0.2) is 25.1 Å². The van der Waals surface area contributed by atoms with E-state index in [1.165, 1.54) is 11.3 Å². The number of carbonyl (C=O) groups is 1. The van der Waals surface area contributed by atoms with Crippen molar-refractivity contribution in [3.8, 4) is 22.4 Å². The minimum atomic E-state index is -3.27. The molecule has 0 aliphatic rings. The smallest absolute Gasteiger partial charge is 0.226 e. The van der Waals surface area contributed by atoms with Gasteiger partial charge in [0, 0.05) is 16.9 Å². The molecule has 0 aliphatic carbocycles. The van der Waals surface area contributed by atoms with Gasteiger partial charge in [-0.1, -0.05) is 98.3 Å². The first-order chi connectivity index (χ1) is 17.4. The first-order valence-electron chi connectivity index (χ1n) is 12.1. The number of thiazole rings is 1. The Kier molecular flexibility index (Phi) is 8.67. The Labute approximate surface area is 217 Å². The molecule has 0 bridgehead atoms. The molecule has 1 amide bonds. The SMILES string of the molecule is CCCc1sc(NC(=O)CCCS(=O)(=O)Cc2ccccc2)nc1-c1ccc(-c2ccccc2)cc1. The third kappa shape index (κ3) is 7.12. The second-order valence-electron chi connectivity index (χ2n) is 8.71. The molecule has 7 heteroatoms. The predicted molar refractivity (Wildman–Crippen MR) is 149 cm³/mol. The monoisotopic (exact) mass is 518 g/mol. The van der Waals surface area contributed by atoms with Gasteiger partial charge in [-0.2, -0.15) is 0 Å². The van der Waals surface area contributed by atoms with Crippen LogP contribution < -0.4 is 5.32 Å². The highest BCUT2D eigenvalue weighted by molar-refractivity contribution is 7.90. The Morgan fingerprint density at radius 2 is 1.47 bits per heavy atom. The Hall–Kier alpha value is -3.29. The van der Waals surface area contributed by atoms with E-state index in [0.29, 0.717) is 5.13 Å². The minimum absolute atomic E-state index is 0.00522. The van der Waals surface area contributed by atoms with Gasteiger partial charge in [0.15, 0.2) is 15.0 Å². The number of benzene rings is 3. The fraction of sp³-hybridized carbons (Fsp3) is 0.241. The first kappa shape index (κ1) is 25.8. The topological polar surface area (TPSA) is 76.1 Å². The number of amides is 1. The fourth-order valence-corrected chi connectivity index (χ4v) is 6.54. The van der Waals surface area contributed by atoms with Crippen LogP contribution in [-0.2, 0) is 26.8 Å². The lowest BCUT2D eigenvalue weighted by molar-refractivity contribution is -0.116. The van der Waals surface area contributed by atoms with Gasteiger partial charge in [-0.25, -0.2) is 13.4 Å². The van der Waals surface area contributed by atoms with E-state index in [9.17, 15) is 13.2 Å². The molecule has 3 aromatic carbocycles. The van der Waals surface area contributed by atoms with E-state index in [2.05, 4.69) is 48.6 Å². The summed E-state index contributed by atoms with van der Waals surface area (Å²) in [5.41, 5.74) is 4.97. The van der Waals surface area contributed by atoms with Crippen LogP contribution >= 0.6 is 11.3 Å². The summed E-state index contributed by atoms with van der Waals surface area (Å²) in [5, 5.41) is 3.43. The number of aryl methyl sites for hydroxylation is 1. The van der Waals surface area contributed by atoms with Crippen LogP contribution in [0.3, 0.4) is 0 Å². The summed E-state index contributed by atoms with van der Waals surface area (Å²) < 4.78 is 24.8. The van der Waals surface area contributed by atoms with Crippen LogP contribution in [0.25, 0.3) is 22.4 Å². The van der Waals surface area contributed by atoms with E-state index in [1.54, 1.807) is 12.1 Å². The summed E-state index contributed by atoms with van der Waals surface area (Å²) in [6.07, 6.45) is 2.27. The summed E-state index contributed by atoms with van der Waals surface area (Å²) in [6.45, 7) is 2.12. The van der Waals surface area contributed by atoms with Gasteiger partial charge in [0.25, 0.3) is 0 Å². The van der Waals surface area contributed by atoms with Crippen molar-refractivity contribution in [1.82, 2.24) is 4.98 Å². The minimum Gasteiger partial charge on any atom is -0.302 e. The number of sulfone groups is 1. The van der Waals surface area contributed by atoms with E-state index in [-0.39, 0.29) is 30.3 Å². The Balaban J connectivity index is 1.37. The van der Waals surface area contributed by atoms with Crippen LogP contribution in [0, 0.1) is 0 Å². The number of hydrogen-bond donors (Lipinski definition) is 1. The number of aromatic nitrogens is 1. The van der Waals surface area contributed by atoms with E-state index < -0.39 is 9.84 Å². The molecule has 0 aliphatic heterocycles. The predicted octanol–water partition coefficient (Wildman–Crippen LogP) is 6.76. The van der Waals surface area contributed by atoms with E-state index in [0.717, 1.165) is 45.7 Å². The van der Waals surface area contributed by atoms with Gasteiger partial charge >= 0.3 is 0 Å². The zero-order valence-electron chi connectivity index (χ0n) is 20.3. The number of rotatable bonds is 11. The van der Waals surface area contributed by atoms with Gasteiger partial charge in [-0.05, 0) is 29.5 Å². The average Bonchev–Trinajstić information content (AvgIpc) is 3.27. The molecule has 4 aromatic rings. The summed E-state index contributed by atoms with van der Waals surface area (Å²) in [4.78, 5) is 18.4. The number of nitrogens with one attached hydrogen (secondary N) is 1. The zero-order chi connectivity index (χ0) is 25.4. The second-order valence-corrected chi connectivity index (χ2v) is 12.0. The molecular weight excluding hydrogens is 488 g/mol. The maximum atomic E-state index is 12.5. The van der Waals surface area contributed by atoms with Crippen LogP contribution in [0.5, 0.6) is 0 Å². The number of nitrogens with zero attached hydrogens (tertiary/aromatic N) is 1. The lowest BCUT2D eigenvalue weighted by Crippen LogP contribution is -2.15. The van der Waals surface area contributed by atoms with Gasteiger partial charge in [-0.15, -0.1) is 11.3 Å². The summed E-state index contributed by atoms with van der Waals surface area (Å²) in [6, 6.07) is 27.6. The molecule has 0 unspecified atom stereocenters. The molecule has 36 heavy (non-hydrogen) atoms. The highest BCUT2D eigenvalue weighted by Gasteiger charge is 2.16. The van der Waals surface area contributed by atoms with Gasteiger partial charge in [0.2, 0.25) is 5.91 Å². The quantitative estimate of drug-likeness (QED) is 0.238. The van der Waals surface area contributed by atoms with Gasteiger partial charge in [0.1, 0.15) is 0 Å². The largest absolute Gasteiger partial charge is 0.302 e. The summed E-state index contributed by atoms with van der Waals surface area (Å²) in [7, 11) is -3.27. The van der Waals surface area contributed by atoms with Crippen molar-refractivity contribution in [1.29, 1.82) is 0 Å². The molecule has 0 fully saturated rings. The van der Waals surface area contributed by atoms with Crippen molar-refractivity contribution in [3.05, 3.63) is 95.4 Å². The standard InChI is InChI=1S/C29H30N2O3S2/c1-2-10-26-28(25-18-16-24(17-19-25)23-13-7-4-8-14-23)31-29(35-26)30-27(32)15-9-20-36(33,34)21-22-11-5-3-6-12-22/h3-8,11-14,16-19H,2,9-10,15,20-21H2,1H3,(H,30,31,32). The molecular formula is C29H30N2O3S2. The Morgan fingerprint density at radius 3 is 2.14 bits per heavy atom. The van der Waals surface area contributed by atoms with Crippen molar-refractivity contribution < 1.29 is 13.2 Å². The van der Waals surface area contributed by atoms with Crippen molar-refractivity contribution >= 4 is 32.2 Å². The molecule has 186 valence electrons. The second kappa shape index (κ2) is 12.1. The van der Waals surface area contributed by atoms with Crippen molar-refractivity contribution in [3.63, 3.8) is 0 Å². The normalized spacial score (nSPS) is 11.4. The molecule has 4 rings (SSSR count). The van der Waals surface area contributed by atoms with Gasteiger partial charge < -0.3 is 5.32 Å². The molecule has 1 aromatic heterocycles. The molecule has 1 heterocycles. The van der Waals surface area contributed by atoms with Crippen LogP contribution in [0.1, 0.15) is 36.6 Å². The Morgan fingerprint density at radius 1 is 0.861 bits per heavy atom. The number of carbonyl (C=O) groups excluding carboxylic acids is 1. The van der Waals surface area contributed by atoms with Crippen molar-refractivity contribution in [2.75, 3.05) is 11.1 Å². The average molecular weight is 519 g/mol. The highest BCUT2D eigenvalue weighted by atomic mass is 32.2. The highest BCUT2D eigenvalue weighted by Crippen LogP contribution is 2.33. The van der Waals surface area contributed by atoms with Crippen molar-refractivity contribution in [2.24, 2.45) is 0 Å². The van der Waals surface area contributed by atoms with Crippen LogP contribution in [0.4, 0.5) is 5.13 Å². The molecule has 0 radical (unpaired) electrons. The maximum absolute atomic E-state index is 12.5. The van der Waals surface area contributed by atoms with Crippen LogP contribution in [0.15, 0.2) is 84.9 Å². The van der Waals surface area contributed by atoms with E-state index >= 15 is 0 Å². The van der Waals surface area contributed by atoms with Crippen LogP contribution in [0.2, 0.25) is 0 Å². The molecule has 0 spiro atoms. The summed E-state index contributed by atoms with van der Waals surface area (Å²) >= 11 is 1.49. The third-order valence-electron chi connectivity index (χ3n) is 5.77. The zero-order valence-corrected chi connectivity index (χ0v) is 21.9. The fourth-order valence-electron chi connectivity index (χ4n) is 4.01. The Bertz CT molecular complexity index is 1380. The van der Waals surface area contributed by atoms with E-state index in [4.69, 9.17) is 4.98 Å². The third-order valence-corrected chi connectivity index (χ3v) is 8.49. The number of anilines is 1. The molecule has 0 atom stereocenters. The molecule has 1 N–H and O–H groups in total. The van der Waals surface area contributed by atoms with Crippen molar-refractivity contribution in [2.45, 2.75) is 38.4 Å². The summed E-state index contributed by atoms with van der Waals surface area (Å²) in [5.74, 6) is -0.241. The first-order valence-corrected chi connectivity index (χ1v) is 14.8. The molecule has 5 nitrogen and oxygen atoms in total. The number of hydrogen-bond acceptors (Lipinski definition) is 5. The molecule has 0 saturated heterocycles. The molecule has 0 saturated carbocycles. The van der Waals surface area contributed by atoms with E-state index in [1.807, 2.05) is 36.4 Å².